The summed E-state index contributed by atoms with van der Waals surface area (Å²) in [5.74, 6) is 0. The molecule has 0 unspecified atom stereocenters. The van der Waals surface area contributed by atoms with Gasteiger partial charge in [-0.25, -0.2) is 8.42 Å². The molecule has 2 rings (SSSR count). The van der Waals surface area contributed by atoms with Crippen molar-refractivity contribution in [2.24, 2.45) is 0 Å². The van der Waals surface area contributed by atoms with Crippen molar-refractivity contribution in [3.05, 3.63) is 65.7 Å². The molecule has 2 aromatic carbocycles. The molecular weight excluding hydrogens is 258 g/mol. The van der Waals surface area contributed by atoms with E-state index in [9.17, 15) is 8.42 Å². The molecule has 0 bridgehead atoms. The molecule has 0 spiro atoms. The van der Waals surface area contributed by atoms with Gasteiger partial charge in [-0.15, -0.1) is 0 Å². The largest absolute Gasteiger partial charge is 0.284 e. The SMILES string of the molecule is CS(=O)(=O)Nc1ccc(CCc2ccccc2)cc1. The number of hydrogen-bond donors (Lipinski definition) is 1. The Labute approximate surface area is 114 Å². The van der Waals surface area contributed by atoms with Gasteiger partial charge in [-0.1, -0.05) is 42.5 Å². The quantitative estimate of drug-likeness (QED) is 0.912. The number of anilines is 1. The average Bonchev–Trinajstić information content (AvgIpc) is 2.37. The van der Waals surface area contributed by atoms with Crippen LogP contribution in [0.5, 0.6) is 0 Å². The Morgan fingerprint density at radius 3 is 1.89 bits per heavy atom. The average molecular weight is 275 g/mol. The van der Waals surface area contributed by atoms with E-state index in [0.29, 0.717) is 5.69 Å². The fraction of sp³-hybridized carbons (Fsp3) is 0.200. The van der Waals surface area contributed by atoms with E-state index >= 15 is 0 Å². The van der Waals surface area contributed by atoms with Crippen molar-refractivity contribution >= 4 is 15.7 Å². The Morgan fingerprint density at radius 1 is 0.842 bits per heavy atom. The predicted octanol–water partition coefficient (Wildman–Crippen LogP) is 2.84. The van der Waals surface area contributed by atoms with Gasteiger partial charge in [0.15, 0.2) is 0 Å². The minimum Gasteiger partial charge on any atom is -0.284 e. The van der Waals surface area contributed by atoms with Crippen molar-refractivity contribution < 1.29 is 8.42 Å². The van der Waals surface area contributed by atoms with Crippen LogP contribution in [0.2, 0.25) is 0 Å². The highest BCUT2D eigenvalue weighted by Gasteiger charge is 2.01. The van der Waals surface area contributed by atoms with Crippen molar-refractivity contribution in [2.75, 3.05) is 11.0 Å². The van der Waals surface area contributed by atoms with Gasteiger partial charge in [0.05, 0.1) is 6.26 Å². The van der Waals surface area contributed by atoms with Gasteiger partial charge in [0.2, 0.25) is 10.0 Å². The summed E-state index contributed by atoms with van der Waals surface area (Å²) < 4.78 is 24.6. The molecule has 1 N–H and O–H groups in total. The van der Waals surface area contributed by atoms with Crippen LogP contribution in [-0.2, 0) is 22.9 Å². The van der Waals surface area contributed by atoms with E-state index in [-0.39, 0.29) is 0 Å². The smallest absolute Gasteiger partial charge is 0.229 e. The van der Waals surface area contributed by atoms with E-state index in [2.05, 4.69) is 16.9 Å². The molecule has 0 radical (unpaired) electrons. The molecule has 0 atom stereocenters. The zero-order valence-corrected chi connectivity index (χ0v) is 11.7. The second-order valence-electron chi connectivity index (χ2n) is 4.56. The zero-order chi connectivity index (χ0) is 13.7. The lowest BCUT2D eigenvalue weighted by atomic mass is 10.0. The number of benzene rings is 2. The van der Waals surface area contributed by atoms with Gasteiger partial charge < -0.3 is 0 Å². The van der Waals surface area contributed by atoms with Gasteiger partial charge in [-0.2, -0.15) is 0 Å². The van der Waals surface area contributed by atoms with Crippen molar-refractivity contribution in [3.8, 4) is 0 Å². The first kappa shape index (κ1) is 13.6. The summed E-state index contributed by atoms with van der Waals surface area (Å²) in [4.78, 5) is 0. The van der Waals surface area contributed by atoms with Crippen LogP contribution >= 0.6 is 0 Å². The highest BCUT2D eigenvalue weighted by atomic mass is 32.2. The van der Waals surface area contributed by atoms with Crippen molar-refractivity contribution in [1.82, 2.24) is 0 Å². The lowest BCUT2D eigenvalue weighted by Crippen LogP contribution is -2.09. The molecule has 0 aliphatic rings. The molecule has 0 aromatic heterocycles. The van der Waals surface area contributed by atoms with Crippen LogP contribution in [0.4, 0.5) is 5.69 Å². The van der Waals surface area contributed by atoms with Gasteiger partial charge >= 0.3 is 0 Å². The molecule has 2 aromatic rings. The van der Waals surface area contributed by atoms with Crippen LogP contribution < -0.4 is 4.72 Å². The van der Waals surface area contributed by atoms with Gasteiger partial charge in [0, 0.05) is 5.69 Å². The first-order valence-corrected chi connectivity index (χ1v) is 8.03. The number of aryl methyl sites for hydroxylation is 2. The molecule has 0 heterocycles. The lowest BCUT2D eigenvalue weighted by molar-refractivity contribution is 0.607. The Hall–Kier alpha value is -1.81. The number of nitrogens with one attached hydrogen (secondary N) is 1. The third kappa shape index (κ3) is 4.75. The predicted molar refractivity (Wildman–Crippen MR) is 78.8 cm³/mol. The topological polar surface area (TPSA) is 46.2 Å². The van der Waals surface area contributed by atoms with Crippen LogP contribution in [0, 0.1) is 0 Å². The maximum absolute atomic E-state index is 11.1. The molecule has 0 aliphatic heterocycles. The maximum Gasteiger partial charge on any atom is 0.229 e. The molecule has 0 amide bonds. The summed E-state index contributed by atoms with van der Waals surface area (Å²) in [5, 5.41) is 0. The fourth-order valence-corrected chi connectivity index (χ4v) is 2.45. The second kappa shape index (κ2) is 5.89. The summed E-state index contributed by atoms with van der Waals surface area (Å²) in [5.41, 5.74) is 3.11. The summed E-state index contributed by atoms with van der Waals surface area (Å²) >= 11 is 0. The summed E-state index contributed by atoms with van der Waals surface area (Å²) in [6.07, 6.45) is 3.08. The van der Waals surface area contributed by atoms with E-state index in [4.69, 9.17) is 0 Å². The molecule has 0 fully saturated rings. The lowest BCUT2D eigenvalue weighted by Gasteiger charge is -2.06. The fourth-order valence-electron chi connectivity index (χ4n) is 1.89. The van der Waals surface area contributed by atoms with Gasteiger partial charge in [-0.05, 0) is 36.1 Å². The van der Waals surface area contributed by atoms with E-state index in [0.717, 1.165) is 19.1 Å². The third-order valence-corrected chi connectivity index (χ3v) is 3.41. The number of sulfonamides is 1. The molecular formula is C15H17NO2S. The van der Waals surface area contributed by atoms with Crippen molar-refractivity contribution in [2.45, 2.75) is 12.8 Å². The number of rotatable bonds is 5. The summed E-state index contributed by atoms with van der Waals surface area (Å²) in [6.45, 7) is 0. The minimum absolute atomic E-state index is 0.603. The Bertz CT molecular complexity index is 619. The standard InChI is InChI=1S/C15H17NO2S/c1-19(17,18)16-15-11-9-14(10-12-15)8-7-13-5-3-2-4-6-13/h2-6,9-12,16H,7-8H2,1H3. The van der Waals surface area contributed by atoms with E-state index < -0.39 is 10.0 Å². The van der Waals surface area contributed by atoms with Crippen molar-refractivity contribution in [1.29, 1.82) is 0 Å². The first-order valence-electron chi connectivity index (χ1n) is 6.13. The Morgan fingerprint density at radius 2 is 1.37 bits per heavy atom. The van der Waals surface area contributed by atoms with Crippen LogP contribution in [0.1, 0.15) is 11.1 Å². The first-order chi connectivity index (χ1) is 9.03. The second-order valence-corrected chi connectivity index (χ2v) is 6.31. The van der Waals surface area contributed by atoms with Crippen LogP contribution in [0.3, 0.4) is 0 Å². The van der Waals surface area contributed by atoms with Crippen LogP contribution in [-0.4, -0.2) is 14.7 Å². The highest BCUT2D eigenvalue weighted by Crippen LogP contribution is 2.13. The van der Waals surface area contributed by atoms with E-state index in [1.807, 2.05) is 30.3 Å². The molecule has 0 saturated heterocycles. The molecule has 4 heteroatoms. The summed E-state index contributed by atoms with van der Waals surface area (Å²) in [6, 6.07) is 17.8. The third-order valence-electron chi connectivity index (χ3n) is 2.80. The molecule has 100 valence electrons. The normalized spacial score (nSPS) is 11.2. The summed E-state index contributed by atoms with van der Waals surface area (Å²) in [7, 11) is -3.20. The van der Waals surface area contributed by atoms with Crippen molar-refractivity contribution in [3.63, 3.8) is 0 Å². The van der Waals surface area contributed by atoms with Gasteiger partial charge in [0.25, 0.3) is 0 Å². The van der Waals surface area contributed by atoms with Crippen LogP contribution in [0.15, 0.2) is 54.6 Å². The molecule has 19 heavy (non-hydrogen) atoms. The van der Waals surface area contributed by atoms with Gasteiger partial charge in [0.1, 0.15) is 0 Å². The van der Waals surface area contributed by atoms with Crippen LogP contribution in [0.25, 0.3) is 0 Å². The van der Waals surface area contributed by atoms with E-state index in [1.165, 1.54) is 11.1 Å². The van der Waals surface area contributed by atoms with E-state index in [1.54, 1.807) is 12.1 Å². The highest BCUT2D eigenvalue weighted by molar-refractivity contribution is 7.92. The number of hydrogen-bond acceptors (Lipinski definition) is 2. The molecule has 0 saturated carbocycles. The maximum atomic E-state index is 11.1. The minimum atomic E-state index is -3.20. The Balaban J connectivity index is 1.96. The molecule has 0 aliphatic carbocycles. The molecule has 3 nitrogen and oxygen atoms in total. The zero-order valence-electron chi connectivity index (χ0n) is 10.8. The van der Waals surface area contributed by atoms with Gasteiger partial charge in [-0.3, -0.25) is 4.72 Å². The monoisotopic (exact) mass is 275 g/mol. The Kier molecular flexibility index (Phi) is 4.22.